The maximum absolute atomic E-state index is 12.4. The van der Waals surface area contributed by atoms with Crippen molar-refractivity contribution in [2.24, 2.45) is 0 Å². The van der Waals surface area contributed by atoms with Gasteiger partial charge in [-0.15, -0.1) is 0 Å². The number of hydrogen-bond acceptors (Lipinski definition) is 6. The third-order valence-electron chi connectivity index (χ3n) is 3.64. The van der Waals surface area contributed by atoms with E-state index < -0.39 is 18.0 Å². The Morgan fingerprint density at radius 2 is 1.88 bits per heavy atom. The van der Waals surface area contributed by atoms with E-state index in [0.29, 0.717) is 30.2 Å². The summed E-state index contributed by atoms with van der Waals surface area (Å²) >= 11 is 0. The van der Waals surface area contributed by atoms with Crippen molar-refractivity contribution in [1.29, 1.82) is 0 Å². The Balaban J connectivity index is 1.98. The number of pyridine rings is 1. The molecule has 2 rings (SSSR count). The van der Waals surface area contributed by atoms with Crippen molar-refractivity contribution in [3.8, 4) is 11.5 Å². The highest BCUT2D eigenvalue weighted by Gasteiger charge is 2.24. The Hall–Kier alpha value is -3.09. The molecular formula is C19H22N2O5. The van der Waals surface area contributed by atoms with Crippen LogP contribution in [0.15, 0.2) is 42.6 Å². The second-order valence-corrected chi connectivity index (χ2v) is 5.47. The summed E-state index contributed by atoms with van der Waals surface area (Å²) in [6.45, 7) is 1.63. The number of amides is 1. The number of methoxy groups -OCH3 is 2. The van der Waals surface area contributed by atoms with Gasteiger partial charge in [0.15, 0.2) is 11.5 Å². The molecule has 0 saturated carbocycles. The minimum Gasteiger partial charge on any atom is -0.493 e. The highest BCUT2D eigenvalue weighted by Crippen LogP contribution is 2.27. The zero-order chi connectivity index (χ0) is 18.9. The summed E-state index contributed by atoms with van der Waals surface area (Å²) < 4.78 is 15.6. The van der Waals surface area contributed by atoms with E-state index >= 15 is 0 Å². The van der Waals surface area contributed by atoms with Crippen molar-refractivity contribution in [3.63, 3.8) is 0 Å². The molecule has 1 amide bonds. The standard InChI is InChI=1S/C19H22N2O5/c1-13(22)26-18(15-6-4-5-10-20-15)19(23)21-11-9-14-7-8-16(24-2)17(12-14)25-3/h4-8,10,12,18H,9,11H2,1-3H3,(H,21,23). The van der Waals surface area contributed by atoms with Gasteiger partial charge >= 0.3 is 5.97 Å². The lowest BCUT2D eigenvalue weighted by atomic mass is 10.1. The molecule has 7 nitrogen and oxygen atoms in total. The van der Waals surface area contributed by atoms with Gasteiger partial charge in [0.1, 0.15) is 0 Å². The number of benzene rings is 1. The maximum atomic E-state index is 12.4. The van der Waals surface area contributed by atoms with Crippen LogP contribution in [0.4, 0.5) is 0 Å². The van der Waals surface area contributed by atoms with Crippen molar-refractivity contribution in [3.05, 3.63) is 53.9 Å². The van der Waals surface area contributed by atoms with E-state index in [1.807, 2.05) is 18.2 Å². The molecule has 26 heavy (non-hydrogen) atoms. The van der Waals surface area contributed by atoms with Gasteiger partial charge in [-0.2, -0.15) is 0 Å². The number of aromatic nitrogens is 1. The Morgan fingerprint density at radius 1 is 1.12 bits per heavy atom. The minimum absolute atomic E-state index is 0.374. The fourth-order valence-electron chi connectivity index (χ4n) is 2.40. The van der Waals surface area contributed by atoms with Gasteiger partial charge in [-0.25, -0.2) is 0 Å². The lowest BCUT2D eigenvalue weighted by Crippen LogP contribution is -2.33. The molecule has 1 N–H and O–H groups in total. The quantitative estimate of drug-likeness (QED) is 0.727. The Kier molecular flexibility index (Phi) is 6.96. The molecule has 138 valence electrons. The number of hydrogen-bond donors (Lipinski definition) is 1. The van der Waals surface area contributed by atoms with Gasteiger partial charge in [-0.05, 0) is 36.2 Å². The van der Waals surface area contributed by atoms with Crippen molar-refractivity contribution in [2.45, 2.75) is 19.4 Å². The summed E-state index contributed by atoms with van der Waals surface area (Å²) in [5.41, 5.74) is 1.36. The predicted molar refractivity (Wildman–Crippen MR) is 95.0 cm³/mol. The molecule has 1 aromatic heterocycles. The maximum Gasteiger partial charge on any atom is 0.303 e. The summed E-state index contributed by atoms with van der Waals surface area (Å²) in [6, 6.07) is 10.7. The summed E-state index contributed by atoms with van der Waals surface area (Å²) in [4.78, 5) is 27.8. The van der Waals surface area contributed by atoms with E-state index in [1.165, 1.54) is 6.92 Å². The highest BCUT2D eigenvalue weighted by molar-refractivity contribution is 5.84. The number of ether oxygens (including phenoxy) is 3. The summed E-state index contributed by atoms with van der Waals surface area (Å²) in [5, 5.41) is 2.77. The van der Waals surface area contributed by atoms with Crippen LogP contribution in [-0.4, -0.2) is 37.6 Å². The zero-order valence-corrected chi connectivity index (χ0v) is 15.0. The minimum atomic E-state index is -1.07. The van der Waals surface area contributed by atoms with Crippen molar-refractivity contribution < 1.29 is 23.8 Å². The smallest absolute Gasteiger partial charge is 0.303 e. The molecule has 1 unspecified atom stereocenters. The third kappa shape index (κ3) is 5.20. The average Bonchev–Trinajstić information content (AvgIpc) is 2.66. The van der Waals surface area contributed by atoms with Crippen molar-refractivity contribution >= 4 is 11.9 Å². The van der Waals surface area contributed by atoms with Gasteiger partial charge in [0.2, 0.25) is 6.10 Å². The molecule has 1 atom stereocenters. The molecule has 1 heterocycles. The molecule has 0 bridgehead atoms. The van der Waals surface area contributed by atoms with Gasteiger partial charge in [-0.3, -0.25) is 14.6 Å². The number of rotatable bonds is 8. The second-order valence-electron chi connectivity index (χ2n) is 5.47. The number of carbonyl (C=O) groups is 2. The summed E-state index contributed by atoms with van der Waals surface area (Å²) in [6.07, 6.45) is 1.06. The SMILES string of the molecule is COc1ccc(CCNC(=O)C(OC(C)=O)c2ccccn2)cc1OC. The van der Waals surface area contributed by atoms with Crippen molar-refractivity contribution in [2.75, 3.05) is 20.8 Å². The monoisotopic (exact) mass is 358 g/mol. The normalized spacial score (nSPS) is 11.3. The molecule has 1 aromatic carbocycles. The van der Waals surface area contributed by atoms with Gasteiger partial charge in [0.25, 0.3) is 5.91 Å². The van der Waals surface area contributed by atoms with Crippen LogP contribution in [0.3, 0.4) is 0 Å². The first-order valence-electron chi connectivity index (χ1n) is 8.12. The number of esters is 1. The molecule has 0 aliphatic carbocycles. The molecule has 0 spiro atoms. The van der Waals surface area contributed by atoms with Crippen LogP contribution in [0, 0.1) is 0 Å². The van der Waals surface area contributed by atoms with Crippen LogP contribution in [0.25, 0.3) is 0 Å². The first-order valence-corrected chi connectivity index (χ1v) is 8.12. The van der Waals surface area contributed by atoms with E-state index in [9.17, 15) is 9.59 Å². The fourth-order valence-corrected chi connectivity index (χ4v) is 2.40. The molecule has 0 aliphatic heterocycles. The fraction of sp³-hybridized carbons (Fsp3) is 0.316. The predicted octanol–water partition coefficient (Wildman–Crippen LogP) is 2.06. The first kappa shape index (κ1) is 19.2. The summed E-state index contributed by atoms with van der Waals surface area (Å²) in [7, 11) is 3.14. The first-order chi connectivity index (χ1) is 12.5. The largest absolute Gasteiger partial charge is 0.493 e. The molecule has 0 saturated heterocycles. The van der Waals surface area contributed by atoms with E-state index in [4.69, 9.17) is 14.2 Å². The van der Waals surface area contributed by atoms with Gasteiger partial charge in [0.05, 0.1) is 19.9 Å². The van der Waals surface area contributed by atoms with E-state index in [1.54, 1.807) is 38.6 Å². The van der Waals surface area contributed by atoms with E-state index in [-0.39, 0.29) is 0 Å². The van der Waals surface area contributed by atoms with Crippen LogP contribution < -0.4 is 14.8 Å². The van der Waals surface area contributed by atoms with Crippen molar-refractivity contribution in [1.82, 2.24) is 10.3 Å². The molecule has 0 fully saturated rings. The van der Waals surface area contributed by atoms with Crippen LogP contribution in [0.5, 0.6) is 11.5 Å². The molecule has 0 radical (unpaired) electrons. The summed E-state index contributed by atoms with van der Waals surface area (Å²) in [5.74, 6) is 0.308. The lowest BCUT2D eigenvalue weighted by molar-refractivity contribution is -0.154. The molecular weight excluding hydrogens is 336 g/mol. The Bertz CT molecular complexity index is 749. The zero-order valence-electron chi connectivity index (χ0n) is 15.0. The van der Waals surface area contributed by atoms with Crippen LogP contribution in [-0.2, 0) is 20.7 Å². The number of carbonyl (C=O) groups excluding carboxylic acids is 2. The average molecular weight is 358 g/mol. The molecule has 0 aliphatic rings. The Morgan fingerprint density at radius 3 is 2.50 bits per heavy atom. The molecule has 7 heteroatoms. The Labute approximate surface area is 152 Å². The molecule has 2 aromatic rings. The number of nitrogens with one attached hydrogen (secondary N) is 1. The second kappa shape index (κ2) is 9.41. The van der Waals surface area contributed by atoms with E-state index in [0.717, 1.165) is 5.56 Å². The topological polar surface area (TPSA) is 86.8 Å². The van der Waals surface area contributed by atoms with Gasteiger partial charge < -0.3 is 19.5 Å². The highest BCUT2D eigenvalue weighted by atomic mass is 16.5. The van der Waals surface area contributed by atoms with Crippen LogP contribution in [0.1, 0.15) is 24.3 Å². The van der Waals surface area contributed by atoms with Gasteiger partial charge in [-0.1, -0.05) is 12.1 Å². The van der Waals surface area contributed by atoms with Crippen LogP contribution in [0.2, 0.25) is 0 Å². The van der Waals surface area contributed by atoms with E-state index in [2.05, 4.69) is 10.3 Å². The number of nitrogens with zero attached hydrogens (tertiary/aromatic N) is 1. The lowest BCUT2D eigenvalue weighted by Gasteiger charge is -2.16. The third-order valence-corrected chi connectivity index (χ3v) is 3.64. The van der Waals surface area contributed by atoms with Crippen LogP contribution >= 0.6 is 0 Å². The van der Waals surface area contributed by atoms with Gasteiger partial charge in [0, 0.05) is 19.7 Å².